The number of aliphatic carboxylic acids is 4. The molecule has 0 spiro atoms. The molecule has 28 heavy (non-hydrogen) atoms. The Labute approximate surface area is 159 Å². The number of carboxylic acid groups (broad SMARTS) is 4. The van der Waals surface area contributed by atoms with Gasteiger partial charge in [0, 0.05) is 0 Å². The molecule has 8 nitrogen and oxygen atoms in total. The lowest BCUT2D eigenvalue weighted by atomic mass is 9.92. The van der Waals surface area contributed by atoms with Gasteiger partial charge in [0.1, 0.15) is 0 Å². The zero-order valence-corrected chi connectivity index (χ0v) is 14.6. The summed E-state index contributed by atoms with van der Waals surface area (Å²) in [7, 11) is 0. The minimum atomic E-state index is -1.22. The van der Waals surface area contributed by atoms with Gasteiger partial charge in [-0.25, -0.2) is 0 Å². The standard InChI is InChI=1S/C20H18O8/c21-17(22)9-15(19(25)26)13-5-1-11(2-6-13)12-3-7-14(8-4-12)16(20(27)28)10-18(23)24/h1-8,15-16H,9-10H2,(H,21,22)(H,23,24)(H,25,26)(H,27,28). The molecule has 0 saturated heterocycles. The SMILES string of the molecule is O=C(O)CC(C(=O)O)c1ccc(-c2ccc(C(CC(=O)O)C(=O)O)cc2)cc1. The largest absolute Gasteiger partial charge is 0.481 e. The van der Waals surface area contributed by atoms with Crippen LogP contribution in [0.1, 0.15) is 35.8 Å². The summed E-state index contributed by atoms with van der Waals surface area (Å²) in [4.78, 5) is 44.2. The highest BCUT2D eigenvalue weighted by molar-refractivity contribution is 5.83. The number of carbonyl (C=O) groups is 4. The van der Waals surface area contributed by atoms with Gasteiger partial charge in [0.15, 0.2) is 0 Å². The highest BCUT2D eigenvalue weighted by Gasteiger charge is 2.24. The van der Waals surface area contributed by atoms with E-state index in [9.17, 15) is 29.4 Å². The Hall–Kier alpha value is -3.68. The first-order chi connectivity index (χ1) is 13.2. The molecule has 0 bridgehead atoms. The maximum Gasteiger partial charge on any atom is 0.311 e. The molecule has 146 valence electrons. The number of carboxylic acids is 4. The zero-order valence-electron chi connectivity index (χ0n) is 14.6. The topological polar surface area (TPSA) is 149 Å². The average Bonchev–Trinajstić information content (AvgIpc) is 2.64. The van der Waals surface area contributed by atoms with Gasteiger partial charge in [0.25, 0.3) is 0 Å². The molecule has 0 heterocycles. The maximum atomic E-state index is 11.3. The van der Waals surface area contributed by atoms with Crippen molar-refractivity contribution in [3.8, 4) is 11.1 Å². The third-order valence-electron chi connectivity index (χ3n) is 4.31. The number of benzene rings is 2. The van der Waals surface area contributed by atoms with E-state index in [2.05, 4.69) is 0 Å². The summed E-state index contributed by atoms with van der Waals surface area (Å²) >= 11 is 0. The van der Waals surface area contributed by atoms with E-state index in [0.717, 1.165) is 11.1 Å². The molecular formula is C20H18O8. The molecule has 2 atom stereocenters. The van der Waals surface area contributed by atoms with Crippen LogP contribution in [0.2, 0.25) is 0 Å². The fourth-order valence-electron chi connectivity index (χ4n) is 2.86. The summed E-state index contributed by atoms with van der Waals surface area (Å²) in [6.07, 6.45) is -1.05. The van der Waals surface area contributed by atoms with Crippen LogP contribution in [0.25, 0.3) is 11.1 Å². The molecule has 8 heteroatoms. The van der Waals surface area contributed by atoms with Crippen molar-refractivity contribution in [2.75, 3.05) is 0 Å². The summed E-state index contributed by atoms with van der Waals surface area (Å²) < 4.78 is 0. The van der Waals surface area contributed by atoms with Gasteiger partial charge in [-0.3, -0.25) is 19.2 Å². The van der Waals surface area contributed by atoms with Crippen LogP contribution in [-0.4, -0.2) is 44.3 Å². The second-order valence-corrected chi connectivity index (χ2v) is 6.22. The summed E-state index contributed by atoms with van der Waals surface area (Å²) in [6.45, 7) is 0. The molecule has 2 unspecified atom stereocenters. The van der Waals surface area contributed by atoms with Crippen molar-refractivity contribution in [2.45, 2.75) is 24.7 Å². The van der Waals surface area contributed by atoms with Crippen LogP contribution < -0.4 is 0 Å². The third kappa shape index (κ3) is 5.16. The van der Waals surface area contributed by atoms with Crippen LogP contribution in [0, 0.1) is 0 Å². The number of rotatable bonds is 9. The van der Waals surface area contributed by atoms with Gasteiger partial charge in [-0.05, 0) is 22.3 Å². The maximum absolute atomic E-state index is 11.3. The van der Waals surface area contributed by atoms with Crippen LogP contribution in [0.15, 0.2) is 48.5 Å². The molecule has 4 N–H and O–H groups in total. The predicted octanol–water partition coefficient (Wildman–Crippen LogP) is 2.64. The van der Waals surface area contributed by atoms with E-state index in [-0.39, 0.29) is 0 Å². The Kier molecular flexibility index (Phi) is 6.49. The molecule has 0 fully saturated rings. The fraction of sp³-hybridized carbons (Fsp3) is 0.200. The van der Waals surface area contributed by atoms with Crippen molar-refractivity contribution in [1.82, 2.24) is 0 Å². The molecule has 2 aromatic carbocycles. The summed E-state index contributed by atoms with van der Waals surface area (Å²) in [5.41, 5.74) is 2.17. The van der Waals surface area contributed by atoms with Crippen molar-refractivity contribution < 1.29 is 39.6 Å². The van der Waals surface area contributed by atoms with Crippen molar-refractivity contribution in [3.63, 3.8) is 0 Å². The van der Waals surface area contributed by atoms with Gasteiger partial charge in [-0.2, -0.15) is 0 Å². The van der Waals surface area contributed by atoms with Crippen molar-refractivity contribution in [2.24, 2.45) is 0 Å². The van der Waals surface area contributed by atoms with Gasteiger partial charge in [0.05, 0.1) is 24.7 Å². The van der Waals surface area contributed by atoms with Gasteiger partial charge >= 0.3 is 23.9 Å². The Morgan fingerprint density at radius 2 is 0.857 bits per heavy atom. The van der Waals surface area contributed by atoms with Crippen molar-refractivity contribution in [1.29, 1.82) is 0 Å². The lowest BCUT2D eigenvalue weighted by Gasteiger charge is -2.13. The van der Waals surface area contributed by atoms with E-state index in [1.807, 2.05) is 0 Å². The Morgan fingerprint density at radius 3 is 1.07 bits per heavy atom. The summed E-state index contributed by atoms with van der Waals surface area (Å²) in [6, 6.07) is 12.7. The molecule has 0 aliphatic carbocycles. The highest BCUT2D eigenvalue weighted by atomic mass is 16.4. The lowest BCUT2D eigenvalue weighted by Crippen LogP contribution is -2.16. The molecule has 2 aromatic rings. The van der Waals surface area contributed by atoms with E-state index >= 15 is 0 Å². The van der Waals surface area contributed by atoms with E-state index < -0.39 is 48.6 Å². The third-order valence-corrected chi connectivity index (χ3v) is 4.31. The Bertz CT molecular complexity index is 808. The molecule has 0 saturated carbocycles. The average molecular weight is 386 g/mol. The first-order valence-electron chi connectivity index (χ1n) is 8.28. The summed E-state index contributed by atoms with van der Waals surface area (Å²) in [5.74, 6) is -7.17. The molecule has 0 aromatic heterocycles. The summed E-state index contributed by atoms with van der Waals surface area (Å²) in [5, 5.41) is 36.1. The quantitative estimate of drug-likeness (QED) is 0.514. The zero-order chi connectivity index (χ0) is 20.8. The Balaban J connectivity index is 2.24. The van der Waals surface area contributed by atoms with Crippen molar-refractivity contribution >= 4 is 23.9 Å². The Morgan fingerprint density at radius 1 is 0.571 bits per heavy atom. The number of hydrogen-bond donors (Lipinski definition) is 4. The highest BCUT2D eigenvalue weighted by Crippen LogP contribution is 2.27. The number of hydrogen-bond acceptors (Lipinski definition) is 4. The molecule has 0 radical (unpaired) electrons. The second-order valence-electron chi connectivity index (χ2n) is 6.22. The van der Waals surface area contributed by atoms with E-state index in [1.54, 1.807) is 24.3 Å². The van der Waals surface area contributed by atoms with Gasteiger partial charge in [-0.1, -0.05) is 48.5 Å². The fourth-order valence-corrected chi connectivity index (χ4v) is 2.86. The second kappa shape index (κ2) is 8.81. The van der Waals surface area contributed by atoms with Crippen molar-refractivity contribution in [3.05, 3.63) is 59.7 Å². The predicted molar refractivity (Wildman–Crippen MR) is 97.1 cm³/mol. The minimum Gasteiger partial charge on any atom is -0.481 e. The molecule has 0 aliphatic heterocycles. The monoisotopic (exact) mass is 386 g/mol. The smallest absolute Gasteiger partial charge is 0.311 e. The van der Waals surface area contributed by atoms with E-state index in [1.165, 1.54) is 24.3 Å². The van der Waals surface area contributed by atoms with Gasteiger partial charge in [-0.15, -0.1) is 0 Å². The molecule has 2 rings (SSSR count). The van der Waals surface area contributed by atoms with E-state index in [0.29, 0.717) is 11.1 Å². The van der Waals surface area contributed by atoms with Crippen LogP contribution in [0.3, 0.4) is 0 Å². The van der Waals surface area contributed by atoms with Crippen LogP contribution >= 0.6 is 0 Å². The van der Waals surface area contributed by atoms with Gasteiger partial charge < -0.3 is 20.4 Å². The van der Waals surface area contributed by atoms with Crippen LogP contribution in [0.5, 0.6) is 0 Å². The normalized spacial score (nSPS) is 12.7. The van der Waals surface area contributed by atoms with Gasteiger partial charge in [0.2, 0.25) is 0 Å². The lowest BCUT2D eigenvalue weighted by molar-refractivity contribution is -0.145. The minimum absolute atomic E-state index is 0.364. The molecule has 0 aliphatic rings. The molecular weight excluding hydrogens is 368 g/mol. The molecule has 0 amide bonds. The first-order valence-corrected chi connectivity index (χ1v) is 8.28. The van der Waals surface area contributed by atoms with Crippen LogP contribution in [0.4, 0.5) is 0 Å². The van der Waals surface area contributed by atoms with E-state index in [4.69, 9.17) is 10.2 Å². The first kappa shape index (κ1) is 20.6. The van der Waals surface area contributed by atoms with Crippen LogP contribution in [-0.2, 0) is 19.2 Å².